The van der Waals surface area contributed by atoms with Crippen molar-refractivity contribution in [2.24, 2.45) is 52.3 Å². The SMILES string of the molecule is CC1C2CC(CC(O)(C(F)(F)F)C(F)(F)F)C(C2)C1C.CCC(C)(C)C(=O)OC12CC3CC(CC(CS(=O)(=O)C(F)(F)F)(C3)C1)C2. The van der Waals surface area contributed by atoms with Gasteiger partial charge in [0, 0.05) is 0 Å². The molecule has 0 aromatic heterocycles. The van der Waals surface area contributed by atoms with Gasteiger partial charge in [0.1, 0.15) is 5.60 Å². The predicted molar refractivity (Wildman–Crippen MR) is 150 cm³/mol. The molecule has 0 amide bonds. The summed E-state index contributed by atoms with van der Waals surface area (Å²) in [4.78, 5) is 12.6. The minimum atomic E-state index is -5.69. The molecule has 6 fully saturated rings. The molecular weight excluding hydrogens is 655 g/mol. The molecule has 0 radical (unpaired) electrons. The maximum absolute atomic E-state index is 13.0. The number of halogens is 9. The first-order valence-corrected chi connectivity index (χ1v) is 17.6. The lowest BCUT2D eigenvalue weighted by Gasteiger charge is -2.61. The Morgan fingerprint density at radius 2 is 1.37 bits per heavy atom. The fourth-order valence-electron chi connectivity index (χ4n) is 9.72. The molecule has 0 saturated heterocycles. The first-order chi connectivity index (χ1) is 20.6. The van der Waals surface area contributed by atoms with Gasteiger partial charge in [-0.1, -0.05) is 20.8 Å². The molecule has 6 bridgehead atoms. The Morgan fingerprint density at radius 1 is 0.848 bits per heavy atom. The lowest BCUT2D eigenvalue weighted by atomic mass is 9.48. The van der Waals surface area contributed by atoms with Crippen LogP contribution in [0.2, 0.25) is 0 Å². The summed E-state index contributed by atoms with van der Waals surface area (Å²) in [5.74, 6) is -1.17. The van der Waals surface area contributed by atoms with Gasteiger partial charge in [-0.3, -0.25) is 4.79 Å². The van der Waals surface area contributed by atoms with Crippen LogP contribution in [0.4, 0.5) is 39.5 Å². The molecular formula is C31H45F9O5S. The van der Waals surface area contributed by atoms with Crippen molar-refractivity contribution in [2.75, 3.05) is 5.75 Å². The summed E-state index contributed by atoms with van der Waals surface area (Å²) in [6.45, 7) is 9.34. The average molecular weight is 701 g/mol. The van der Waals surface area contributed by atoms with Crippen LogP contribution in [0, 0.1) is 52.3 Å². The molecule has 0 spiro atoms. The normalized spacial score (nSPS) is 37.7. The minimum Gasteiger partial charge on any atom is -0.459 e. The van der Waals surface area contributed by atoms with Gasteiger partial charge in [-0.25, -0.2) is 8.42 Å². The Balaban J connectivity index is 0.000000216. The Bertz CT molecular complexity index is 1230. The third-order valence-electron chi connectivity index (χ3n) is 12.3. The molecule has 1 N–H and O–H groups in total. The smallest absolute Gasteiger partial charge is 0.459 e. The van der Waals surface area contributed by atoms with Crippen LogP contribution in [0.1, 0.15) is 98.8 Å². The third-order valence-corrected chi connectivity index (χ3v) is 14.0. The molecule has 7 atom stereocenters. The zero-order chi connectivity index (χ0) is 35.1. The van der Waals surface area contributed by atoms with Crippen LogP contribution < -0.4 is 0 Å². The van der Waals surface area contributed by atoms with E-state index in [4.69, 9.17) is 4.74 Å². The predicted octanol–water partition coefficient (Wildman–Crippen LogP) is 8.40. The van der Waals surface area contributed by atoms with Gasteiger partial charge in [0.05, 0.1) is 11.2 Å². The van der Waals surface area contributed by atoms with E-state index in [9.17, 15) is 57.8 Å². The summed E-state index contributed by atoms with van der Waals surface area (Å²) in [6, 6.07) is 0. The molecule has 0 aromatic carbocycles. The van der Waals surface area contributed by atoms with Crippen LogP contribution in [0.3, 0.4) is 0 Å². The van der Waals surface area contributed by atoms with Crippen LogP contribution in [0.5, 0.6) is 0 Å². The van der Waals surface area contributed by atoms with E-state index >= 15 is 0 Å². The van der Waals surface area contributed by atoms with Crippen molar-refractivity contribution in [1.82, 2.24) is 0 Å². The number of alkyl halides is 9. The van der Waals surface area contributed by atoms with E-state index in [1.54, 1.807) is 13.8 Å². The van der Waals surface area contributed by atoms with Gasteiger partial charge in [0.15, 0.2) is 0 Å². The third kappa shape index (κ3) is 6.79. The maximum atomic E-state index is 13.0. The number of ether oxygens (including phenoxy) is 1. The summed E-state index contributed by atoms with van der Waals surface area (Å²) in [5, 5.41) is 9.28. The van der Waals surface area contributed by atoms with Gasteiger partial charge in [-0.05, 0) is 125 Å². The molecule has 0 aliphatic heterocycles. The number of carbonyl (C=O) groups excluding carboxylic acids is 1. The second-order valence-corrected chi connectivity index (χ2v) is 17.9. The van der Waals surface area contributed by atoms with E-state index in [1.165, 1.54) is 0 Å². The van der Waals surface area contributed by atoms with E-state index in [0.717, 1.165) is 6.42 Å². The van der Waals surface area contributed by atoms with Gasteiger partial charge in [-0.2, -0.15) is 39.5 Å². The quantitative estimate of drug-likeness (QED) is 0.213. The van der Waals surface area contributed by atoms with Crippen molar-refractivity contribution < 1.29 is 62.6 Å². The van der Waals surface area contributed by atoms with Crippen LogP contribution in [-0.2, 0) is 19.4 Å². The van der Waals surface area contributed by atoms with E-state index < -0.39 is 67.8 Å². The van der Waals surface area contributed by atoms with Crippen molar-refractivity contribution in [3.05, 3.63) is 0 Å². The number of rotatable bonds is 7. The van der Waals surface area contributed by atoms with Gasteiger partial charge >= 0.3 is 23.8 Å². The molecule has 5 nitrogen and oxygen atoms in total. The summed E-state index contributed by atoms with van der Waals surface area (Å²) >= 11 is 0. The fraction of sp³-hybridized carbons (Fsp3) is 0.968. The van der Waals surface area contributed by atoms with Crippen molar-refractivity contribution in [2.45, 2.75) is 128 Å². The minimum absolute atomic E-state index is 0.115. The first-order valence-electron chi connectivity index (χ1n) is 16.0. The van der Waals surface area contributed by atoms with Crippen molar-refractivity contribution in [3.63, 3.8) is 0 Å². The summed E-state index contributed by atoms with van der Waals surface area (Å²) in [5.41, 5.74) is -12.2. The lowest BCUT2D eigenvalue weighted by Crippen LogP contribution is -2.60. The standard InChI is InChI=1S/C18H27F3O4S.C13H18F6O/c1-4-15(2,3)14(22)25-17-8-12-5-13(9-17)7-16(6-12,10-17)11-26(23,24)18(19,20)21;1-6-7(2)10-4-8(6)3-9(10)5-11(20,12(14,15)16)13(17,18)19/h12-13H,4-11H2,1-3H3;6-10,20H,3-5H2,1-2H3. The number of hydrogen-bond donors (Lipinski definition) is 1. The van der Waals surface area contributed by atoms with E-state index in [0.29, 0.717) is 50.9 Å². The number of fused-ring (bicyclic) bond motifs is 2. The lowest BCUT2D eigenvalue weighted by molar-refractivity contribution is -0.373. The zero-order valence-electron chi connectivity index (χ0n) is 26.7. The molecule has 6 aliphatic rings. The highest BCUT2D eigenvalue weighted by Gasteiger charge is 2.71. The number of carbonyl (C=O) groups is 1. The van der Waals surface area contributed by atoms with Crippen molar-refractivity contribution in [1.29, 1.82) is 0 Å². The topological polar surface area (TPSA) is 80.7 Å². The van der Waals surface area contributed by atoms with Crippen molar-refractivity contribution >= 4 is 15.8 Å². The molecule has 6 saturated carbocycles. The molecule has 0 aromatic rings. The van der Waals surface area contributed by atoms with Gasteiger partial charge in [0.2, 0.25) is 9.84 Å². The van der Waals surface area contributed by atoms with Gasteiger partial charge < -0.3 is 9.84 Å². The molecule has 7 unspecified atom stereocenters. The second-order valence-electron chi connectivity index (χ2n) is 15.9. The molecule has 0 heterocycles. The number of hydrogen-bond acceptors (Lipinski definition) is 5. The molecule has 15 heteroatoms. The number of sulfone groups is 1. The highest BCUT2D eigenvalue weighted by molar-refractivity contribution is 7.92. The monoisotopic (exact) mass is 700 g/mol. The van der Waals surface area contributed by atoms with Crippen LogP contribution in [0.25, 0.3) is 0 Å². The average Bonchev–Trinajstić information content (AvgIpc) is 3.38. The number of esters is 1. The maximum Gasteiger partial charge on any atom is 0.497 e. The largest absolute Gasteiger partial charge is 0.497 e. The van der Waals surface area contributed by atoms with Crippen LogP contribution in [-0.4, -0.2) is 54.3 Å². The van der Waals surface area contributed by atoms with Gasteiger partial charge in [0.25, 0.3) is 5.60 Å². The molecule has 46 heavy (non-hydrogen) atoms. The van der Waals surface area contributed by atoms with Gasteiger partial charge in [-0.15, -0.1) is 0 Å². The van der Waals surface area contributed by atoms with Crippen molar-refractivity contribution in [3.8, 4) is 0 Å². The first kappa shape index (κ1) is 37.6. The Kier molecular flexibility index (Phi) is 9.54. The summed E-state index contributed by atoms with van der Waals surface area (Å²) in [6.07, 6.45) is -7.65. The second kappa shape index (κ2) is 11.7. The zero-order valence-corrected chi connectivity index (χ0v) is 27.5. The van der Waals surface area contributed by atoms with E-state index in [2.05, 4.69) is 0 Å². The van der Waals surface area contributed by atoms with E-state index in [-0.39, 0.29) is 42.0 Å². The number of aliphatic hydroxyl groups is 1. The summed E-state index contributed by atoms with van der Waals surface area (Å²) in [7, 11) is -5.19. The molecule has 6 aliphatic carbocycles. The Hall–Kier alpha value is -1.25. The Labute approximate surface area is 264 Å². The Morgan fingerprint density at radius 3 is 1.78 bits per heavy atom. The highest BCUT2D eigenvalue weighted by atomic mass is 32.2. The fourth-order valence-corrected chi connectivity index (χ4v) is 11.0. The summed E-state index contributed by atoms with van der Waals surface area (Å²) < 4.78 is 145. The van der Waals surface area contributed by atoms with E-state index in [1.807, 2.05) is 20.8 Å². The molecule has 268 valence electrons. The highest BCUT2D eigenvalue weighted by Crippen LogP contribution is 2.64. The molecule has 6 rings (SSSR count). The van der Waals surface area contributed by atoms with Crippen LogP contribution in [0.15, 0.2) is 0 Å². The van der Waals surface area contributed by atoms with Crippen LogP contribution >= 0.6 is 0 Å².